The summed E-state index contributed by atoms with van der Waals surface area (Å²) in [6.45, 7) is 1.59. The molecule has 1 aliphatic rings. The minimum absolute atomic E-state index is 0.102. The molecule has 0 atom stereocenters. The highest BCUT2D eigenvalue weighted by atomic mass is 79.9. The third-order valence-corrected chi connectivity index (χ3v) is 4.02. The second kappa shape index (κ2) is 4.58. The third-order valence-electron chi connectivity index (χ3n) is 3.36. The standard InChI is InChI=1S/C13H16BrNO/c1-9(16)12-7-6-11(8-13(12)14)15(2)10-4-3-5-10/h6-8,10H,3-5H2,1-2H3. The van der Waals surface area contributed by atoms with E-state index in [0.29, 0.717) is 6.04 Å². The molecule has 2 nitrogen and oxygen atoms in total. The van der Waals surface area contributed by atoms with Gasteiger partial charge in [0.1, 0.15) is 0 Å². The Hall–Kier alpha value is -0.830. The van der Waals surface area contributed by atoms with E-state index in [4.69, 9.17) is 0 Å². The number of Topliss-reactive ketones (excluding diaryl/α,β-unsaturated/α-hetero) is 1. The van der Waals surface area contributed by atoms with E-state index in [1.807, 2.05) is 18.2 Å². The fraction of sp³-hybridized carbons (Fsp3) is 0.462. The molecule has 2 rings (SSSR count). The maximum Gasteiger partial charge on any atom is 0.160 e. The number of halogens is 1. The summed E-state index contributed by atoms with van der Waals surface area (Å²) in [6.07, 6.45) is 3.90. The van der Waals surface area contributed by atoms with E-state index in [-0.39, 0.29) is 5.78 Å². The maximum atomic E-state index is 11.3. The first-order valence-electron chi connectivity index (χ1n) is 5.63. The summed E-state index contributed by atoms with van der Waals surface area (Å²) in [5, 5.41) is 0. The van der Waals surface area contributed by atoms with Gasteiger partial charge in [-0.1, -0.05) is 0 Å². The number of hydrogen-bond acceptors (Lipinski definition) is 2. The molecule has 0 aromatic heterocycles. The van der Waals surface area contributed by atoms with Crippen LogP contribution in [-0.2, 0) is 0 Å². The maximum absolute atomic E-state index is 11.3. The van der Waals surface area contributed by atoms with Crippen molar-refractivity contribution >= 4 is 27.4 Å². The van der Waals surface area contributed by atoms with Gasteiger partial charge in [0.05, 0.1) is 0 Å². The van der Waals surface area contributed by atoms with Crippen LogP contribution in [0.2, 0.25) is 0 Å². The minimum atomic E-state index is 0.102. The van der Waals surface area contributed by atoms with Crippen LogP contribution in [0.1, 0.15) is 36.5 Å². The van der Waals surface area contributed by atoms with Crippen LogP contribution in [0.4, 0.5) is 5.69 Å². The third kappa shape index (κ3) is 2.14. The molecule has 0 N–H and O–H groups in total. The Balaban J connectivity index is 2.22. The SMILES string of the molecule is CC(=O)c1ccc(N(C)C2CCC2)cc1Br. The van der Waals surface area contributed by atoms with Gasteiger partial charge in [-0.25, -0.2) is 0 Å². The lowest BCUT2D eigenvalue weighted by Crippen LogP contribution is -2.37. The van der Waals surface area contributed by atoms with Crippen LogP contribution >= 0.6 is 15.9 Å². The first kappa shape index (κ1) is 11.6. The molecule has 0 spiro atoms. The fourth-order valence-electron chi connectivity index (χ4n) is 1.99. The summed E-state index contributed by atoms with van der Waals surface area (Å²) in [6, 6.07) is 6.64. The largest absolute Gasteiger partial charge is 0.372 e. The van der Waals surface area contributed by atoms with Crippen LogP contribution in [0, 0.1) is 0 Å². The molecule has 0 radical (unpaired) electrons. The number of nitrogens with zero attached hydrogens (tertiary/aromatic N) is 1. The molecule has 1 aromatic carbocycles. The molecule has 3 heteroatoms. The lowest BCUT2D eigenvalue weighted by atomic mass is 9.91. The van der Waals surface area contributed by atoms with Crippen LogP contribution in [-0.4, -0.2) is 18.9 Å². The topological polar surface area (TPSA) is 20.3 Å². The highest BCUT2D eigenvalue weighted by molar-refractivity contribution is 9.10. The van der Waals surface area contributed by atoms with Crippen LogP contribution in [0.3, 0.4) is 0 Å². The van der Waals surface area contributed by atoms with Crippen molar-refractivity contribution < 1.29 is 4.79 Å². The highest BCUT2D eigenvalue weighted by Gasteiger charge is 2.22. The molecule has 0 saturated heterocycles. The molecular formula is C13H16BrNO. The molecule has 0 unspecified atom stereocenters. The second-order valence-electron chi connectivity index (χ2n) is 4.42. The molecule has 1 aliphatic carbocycles. The predicted molar refractivity (Wildman–Crippen MR) is 70.2 cm³/mol. The zero-order valence-corrected chi connectivity index (χ0v) is 11.3. The van der Waals surface area contributed by atoms with E-state index in [2.05, 4.69) is 27.9 Å². The van der Waals surface area contributed by atoms with E-state index in [1.54, 1.807) is 6.92 Å². The Bertz CT molecular complexity index is 412. The average Bonchev–Trinajstić information content (AvgIpc) is 2.14. The van der Waals surface area contributed by atoms with Gasteiger partial charge in [-0.2, -0.15) is 0 Å². The van der Waals surface area contributed by atoms with Gasteiger partial charge in [0.25, 0.3) is 0 Å². The van der Waals surface area contributed by atoms with E-state index in [1.165, 1.54) is 24.9 Å². The van der Waals surface area contributed by atoms with Crippen LogP contribution in [0.5, 0.6) is 0 Å². The van der Waals surface area contributed by atoms with Gasteiger partial charge in [0.2, 0.25) is 0 Å². The van der Waals surface area contributed by atoms with Gasteiger partial charge < -0.3 is 4.90 Å². The molecule has 16 heavy (non-hydrogen) atoms. The fourth-order valence-corrected chi connectivity index (χ4v) is 2.64. The average molecular weight is 282 g/mol. The summed E-state index contributed by atoms with van der Waals surface area (Å²) in [5.74, 6) is 0.102. The van der Waals surface area contributed by atoms with E-state index in [9.17, 15) is 4.79 Å². The molecule has 1 saturated carbocycles. The summed E-state index contributed by atoms with van der Waals surface area (Å²) in [7, 11) is 2.12. The van der Waals surface area contributed by atoms with Crippen molar-refractivity contribution in [2.75, 3.05) is 11.9 Å². The number of carbonyl (C=O) groups is 1. The first-order chi connectivity index (χ1) is 7.59. The number of rotatable bonds is 3. The zero-order valence-electron chi connectivity index (χ0n) is 9.66. The summed E-state index contributed by atoms with van der Waals surface area (Å²) < 4.78 is 0.892. The first-order valence-corrected chi connectivity index (χ1v) is 6.42. The Labute approximate surface area is 105 Å². The van der Waals surface area contributed by atoms with Gasteiger partial charge in [-0.15, -0.1) is 0 Å². The smallest absolute Gasteiger partial charge is 0.160 e. The van der Waals surface area contributed by atoms with Gasteiger partial charge >= 0.3 is 0 Å². The van der Waals surface area contributed by atoms with E-state index >= 15 is 0 Å². The Kier molecular flexibility index (Phi) is 3.33. The van der Waals surface area contributed by atoms with Gasteiger partial charge in [-0.3, -0.25) is 4.79 Å². The molecule has 1 aromatic rings. The predicted octanol–water partition coefficient (Wildman–Crippen LogP) is 3.64. The normalized spacial score (nSPS) is 15.7. The minimum Gasteiger partial charge on any atom is -0.372 e. The molecule has 0 aliphatic heterocycles. The van der Waals surface area contributed by atoms with Crippen LogP contribution in [0.15, 0.2) is 22.7 Å². The summed E-state index contributed by atoms with van der Waals surface area (Å²) in [5.41, 5.74) is 1.94. The highest BCUT2D eigenvalue weighted by Crippen LogP contribution is 2.30. The number of benzene rings is 1. The van der Waals surface area contributed by atoms with Crippen molar-refractivity contribution in [1.29, 1.82) is 0 Å². The van der Waals surface area contributed by atoms with Crippen molar-refractivity contribution in [2.24, 2.45) is 0 Å². The Morgan fingerprint density at radius 2 is 2.12 bits per heavy atom. The molecule has 0 bridgehead atoms. The van der Waals surface area contributed by atoms with Crippen molar-refractivity contribution in [3.05, 3.63) is 28.2 Å². The van der Waals surface area contributed by atoms with Gasteiger partial charge in [0, 0.05) is 28.8 Å². The van der Waals surface area contributed by atoms with E-state index < -0.39 is 0 Å². The summed E-state index contributed by atoms with van der Waals surface area (Å²) >= 11 is 3.46. The van der Waals surface area contributed by atoms with Crippen LogP contribution in [0.25, 0.3) is 0 Å². The molecule has 0 amide bonds. The summed E-state index contributed by atoms with van der Waals surface area (Å²) in [4.78, 5) is 13.6. The van der Waals surface area contributed by atoms with Crippen molar-refractivity contribution in [3.63, 3.8) is 0 Å². The van der Waals surface area contributed by atoms with Gasteiger partial charge in [0.15, 0.2) is 5.78 Å². The Morgan fingerprint density at radius 3 is 2.56 bits per heavy atom. The van der Waals surface area contributed by atoms with E-state index in [0.717, 1.165) is 10.0 Å². The lowest BCUT2D eigenvalue weighted by Gasteiger charge is -2.36. The van der Waals surface area contributed by atoms with Crippen molar-refractivity contribution in [1.82, 2.24) is 0 Å². The van der Waals surface area contributed by atoms with Crippen molar-refractivity contribution in [2.45, 2.75) is 32.2 Å². The van der Waals surface area contributed by atoms with Gasteiger partial charge in [-0.05, 0) is 60.3 Å². The van der Waals surface area contributed by atoms with Crippen molar-refractivity contribution in [3.8, 4) is 0 Å². The Morgan fingerprint density at radius 1 is 1.44 bits per heavy atom. The number of hydrogen-bond donors (Lipinski definition) is 0. The number of ketones is 1. The molecule has 1 fully saturated rings. The molecular weight excluding hydrogens is 266 g/mol. The van der Waals surface area contributed by atoms with Crippen LogP contribution < -0.4 is 4.90 Å². The monoisotopic (exact) mass is 281 g/mol. The zero-order chi connectivity index (χ0) is 11.7. The number of carbonyl (C=O) groups excluding carboxylic acids is 1. The lowest BCUT2D eigenvalue weighted by molar-refractivity contribution is 0.101. The quantitative estimate of drug-likeness (QED) is 0.789. The second-order valence-corrected chi connectivity index (χ2v) is 5.27. The molecule has 0 heterocycles. The molecule has 86 valence electrons. The number of anilines is 1.